The molecule has 0 aliphatic rings. The van der Waals surface area contributed by atoms with Gasteiger partial charge >= 0.3 is 6.03 Å². The summed E-state index contributed by atoms with van der Waals surface area (Å²) in [5.41, 5.74) is 1.42. The number of amides is 2. The molecule has 3 N–H and O–H groups in total. The lowest BCUT2D eigenvalue weighted by Crippen LogP contribution is -2.42. The fourth-order valence-corrected chi connectivity index (χ4v) is 2.44. The van der Waals surface area contributed by atoms with Gasteiger partial charge in [-0.2, -0.15) is 5.26 Å². The van der Waals surface area contributed by atoms with Crippen LogP contribution < -0.4 is 10.6 Å². The Hall–Kier alpha value is -2.06. The maximum absolute atomic E-state index is 11.9. The maximum atomic E-state index is 11.9. The third kappa shape index (κ3) is 5.38. The summed E-state index contributed by atoms with van der Waals surface area (Å²) < 4.78 is 0. The second-order valence-corrected chi connectivity index (χ2v) is 5.53. The van der Waals surface area contributed by atoms with Crippen LogP contribution in [0, 0.1) is 16.7 Å². The van der Waals surface area contributed by atoms with Gasteiger partial charge in [-0.3, -0.25) is 0 Å². The quantitative estimate of drug-likeness (QED) is 0.690. The predicted octanol–water partition coefficient (Wildman–Crippen LogP) is 2.55. The van der Waals surface area contributed by atoms with E-state index in [2.05, 4.69) is 30.6 Å². The van der Waals surface area contributed by atoms with E-state index in [-0.39, 0.29) is 18.1 Å². The molecule has 0 saturated carbocycles. The number of carbonyl (C=O) groups excluding carboxylic acids is 1. The molecule has 0 atom stereocenters. The molecule has 5 nitrogen and oxygen atoms in total. The van der Waals surface area contributed by atoms with Crippen LogP contribution in [0.4, 0.5) is 4.79 Å². The fraction of sp³-hybridized carbons (Fsp3) is 0.529. The van der Waals surface area contributed by atoms with Crippen LogP contribution in [0.15, 0.2) is 24.3 Å². The first kappa shape index (κ1) is 18.0. The van der Waals surface area contributed by atoms with Crippen molar-refractivity contribution in [3.63, 3.8) is 0 Å². The minimum absolute atomic E-state index is 0.0488. The standard InChI is InChI=1S/C17H25N3O2/c1-3-17(4-2,8-9-21)13-20-16(22)19-12-15-7-5-6-14(10-15)11-18/h5-7,10,21H,3-4,8-9,12-13H2,1-2H3,(H2,19,20,22). The number of nitrogens with one attached hydrogen (secondary N) is 2. The van der Waals surface area contributed by atoms with Crippen LogP contribution in [0.2, 0.25) is 0 Å². The summed E-state index contributed by atoms with van der Waals surface area (Å²) >= 11 is 0. The first-order valence-electron chi connectivity index (χ1n) is 7.70. The van der Waals surface area contributed by atoms with Crippen LogP contribution in [-0.2, 0) is 6.54 Å². The number of aliphatic hydroxyl groups is 1. The van der Waals surface area contributed by atoms with Crippen molar-refractivity contribution in [3.8, 4) is 6.07 Å². The second-order valence-electron chi connectivity index (χ2n) is 5.53. The molecule has 22 heavy (non-hydrogen) atoms. The zero-order valence-electron chi connectivity index (χ0n) is 13.4. The van der Waals surface area contributed by atoms with Crippen LogP contribution in [0.1, 0.15) is 44.2 Å². The molecule has 0 radical (unpaired) electrons. The fourth-order valence-electron chi connectivity index (χ4n) is 2.44. The second kappa shape index (κ2) is 9.06. The summed E-state index contributed by atoms with van der Waals surface area (Å²) in [5.74, 6) is 0. The summed E-state index contributed by atoms with van der Waals surface area (Å²) in [5, 5.41) is 23.7. The molecule has 0 aromatic heterocycles. The van der Waals surface area contributed by atoms with Crippen LogP contribution in [0.3, 0.4) is 0 Å². The molecule has 120 valence electrons. The molecule has 2 amide bonds. The number of nitriles is 1. The molecule has 0 unspecified atom stereocenters. The van der Waals surface area contributed by atoms with Gasteiger partial charge in [-0.25, -0.2) is 4.79 Å². The highest BCUT2D eigenvalue weighted by atomic mass is 16.3. The van der Waals surface area contributed by atoms with Crippen molar-refractivity contribution in [2.24, 2.45) is 5.41 Å². The van der Waals surface area contributed by atoms with E-state index < -0.39 is 0 Å². The number of hydrogen-bond donors (Lipinski definition) is 3. The molecule has 0 aliphatic heterocycles. The highest BCUT2D eigenvalue weighted by molar-refractivity contribution is 5.73. The van der Waals surface area contributed by atoms with Gasteiger partial charge < -0.3 is 15.7 Å². The Kier molecular flexibility index (Phi) is 7.41. The van der Waals surface area contributed by atoms with Crippen LogP contribution in [0.5, 0.6) is 0 Å². The topological polar surface area (TPSA) is 85.2 Å². The summed E-state index contributed by atoms with van der Waals surface area (Å²) in [6, 6.07) is 9.01. The number of nitrogens with zero attached hydrogens (tertiary/aromatic N) is 1. The zero-order chi connectivity index (χ0) is 16.4. The largest absolute Gasteiger partial charge is 0.396 e. The molecule has 1 rings (SSSR count). The maximum Gasteiger partial charge on any atom is 0.315 e. The van der Waals surface area contributed by atoms with Gasteiger partial charge in [-0.05, 0) is 42.4 Å². The van der Waals surface area contributed by atoms with Crippen LogP contribution in [-0.4, -0.2) is 24.3 Å². The van der Waals surface area contributed by atoms with Crippen molar-refractivity contribution in [1.82, 2.24) is 10.6 Å². The van der Waals surface area contributed by atoms with Gasteiger partial charge in [0.25, 0.3) is 0 Å². The number of urea groups is 1. The third-order valence-corrected chi connectivity index (χ3v) is 4.28. The molecular formula is C17H25N3O2. The van der Waals surface area contributed by atoms with E-state index in [9.17, 15) is 9.90 Å². The molecule has 1 aromatic rings. The Bertz CT molecular complexity index is 519. The average Bonchev–Trinajstić information content (AvgIpc) is 2.57. The number of carbonyl (C=O) groups is 1. The molecule has 0 fully saturated rings. The van der Waals surface area contributed by atoms with Crippen LogP contribution in [0.25, 0.3) is 0 Å². The van der Waals surface area contributed by atoms with Gasteiger partial charge in [0.05, 0.1) is 11.6 Å². The summed E-state index contributed by atoms with van der Waals surface area (Å²) in [6.45, 7) is 5.21. The lowest BCUT2D eigenvalue weighted by Gasteiger charge is -2.31. The Labute approximate surface area is 132 Å². The van der Waals surface area contributed by atoms with E-state index in [0.717, 1.165) is 18.4 Å². The SMILES string of the molecule is CCC(CC)(CCO)CNC(=O)NCc1cccc(C#N)c1. The van der Waals surface area contributed by atoms with Gasteiger partial charge in [-0.1, -0.05) is 26.0 Å². The third-order valence-electron chi connectivity index (χ3n) is 4.28. The summed E-state index contributed by atoms with van der Waals surface area (Å²) in [7, 11) is 0. The Morgan fingerprint density at radius 2 is 2.05 bits per heavy atom. The Balaban J connectivity index is 2.47. The van der Waals surface area contributed by atoms with E-state index in [0.29, 0.717) is 25.1 Å². The highest BCUT2D eigenvalue weighted by Gasteiger charge is 2.25. The van der Waals surface area contributed by atoms with Crippen molar-refractivity contribution >= 4 is 6.03 Å². The monoisotopic (exact) mass is 303 g/mol. The van der Waals surface area contributed by atoms with Gasteiger partial charge in [0.2, 0.25) is 0 Å². The summed E-state index contributed by atoms with van der Waals surface area (Å²) in [6.07, 6.45) is 2.51. The Morgan fingerprint density at radius 1 is 1.32 bits per heavy atom. The van der Waals surface area contributed by atoms with Gasteiger partial charge in [0.15, 0.2) is 0 Å². The van der Waals surface area contributed by atoms with E-state index in [1.54, 1.807) is 18.2 Å². The lowest BCUT2D eigenvalue weighted by atomic mass is 9.79. The number of benzene rings is 1. The first-order valence-corrected chi connectivity index (χ1v) is 7.70. The summed E-state index contributed by atoms with van der Waals surface area (Å²) in [4.78, 5) is 11.9. The van der Waals surface area contributed by atoms with E-state index in [1.807, 2.05) is 6.07 Å². The van der Waals surface area contributed by atoms with E-state index in [4.69, 9.17) is 5.26 Å². The van der Waals surface area contributed by atoms with Crippen molar-refractivity contribution in [2.75, 3.05) is 13.2 Å². The highest BCUT2D eigenvalue weighted by Crippen LogP contribution is 2.29. The minimum Gasteiger partial charge on any atom is -0.396 e. The zero-order valence-corrected chi connectivity index (χ0v) is 13.4. The molecule has 0 bridgehead atoms. The molecule has 1 aromatic carbocycles. The van der Waals surface area contributed by atoms with Crippen molar-refractivity contribution in [3.05, 3.63) is 35.4 Å². The van der Waals surface area contributed by atoms with Crippen LogP contribution >= 0.6 is 0 Å². The van der Waals surface area contributed by atoms with Crippen molar-refractivity contribution < 1.29 is 9.90 Å². The number of aliphatic hydroxyl groups excluding tert-OH is 1. The Morgan fingerprint density at radius 3 is 2.64 bits per heavy atom. The molecular weight excluding hydrogens is 278 g/mol. The normalized spacial score (nSPS) is 10.8. The van der Waals surface area contributed by atoms with E-state index in [1.165, 1.54) is 0 Å². The van der Waals surface area contributed by atoms with Crippen molar-refractivity contribution in [2.45, 2.75) is 39.7 Å². The molecule has 0 saturated heterocycles. The molecule has 0 heterocycles. The van der Waals surface area contributed by atoms with E-state index >= 15 is 0 Å². The predicted molar refractivity (Wildman–Crippen MR) is 86.1 cm³/mol. The minimum atomic E-state index is -0.230. The number of hydrogen-bond acceptors (Lipinski definition) is 3. The van der Waals surface area contributed by atoms with Gasteiger partial charge in [-0.15, -0.1) is 0 Å². The van der Waals surface area contributed by atoms with Crippen molar-refractivity contribution in [1.29, 1.82) is 5.26 Å². The molecule has 0 spiro atoms. The smallest absolute Gasteiger partial charge is 0.315 e. The molecule has 5 heteroatoms. The van der Waals surface area contributed by atoms with Gasteiger partial charge in [0.1, 0.15) is 0 Å². The molecule has 0 aliphatic carbocycles. The first-order chi connectivity index (χ1) is 10.6. The van der Waals surface area contributed by atoms with Gasteiger partial charge in [0, 0.05) is 19.7 Å². The number of rotatable bonds is 8. The average molecular weight is 303 g/mol. The lowest BCUT2D eigenvalue weighted by molar-refractivity contribution is 0.163.